The van der Waals surface area contributed by atoms with Gasteiger partial charge < -0.3 is 9.47 Å². The minimum Gasteiger partial charge on any atom is -0.353 e. The number of halogens is 1. The molecular formula is C10H19IO2. The summed E-state index contributed by atoms with van der Waals surface area (Å²) < 4.78 is 12.7. The molecule has 0 rings (SSSR count). The number of hydrogen-bond acceptors (Lipinski definition) is 2. The number of unbranched alkanes of at least 4 members (excludes halogenated alkanes) is 2. The second kappa shape index (κ2) is 10.5. The fourth-order valence-corrected chi connectivity index (χ4v) is 1.32. The Hall–Kier alpha value is 0.390. The summed E-state index contributed by atoms with van der Waals surface area (Å²) in [7, 11) is 0. The molecule has 0 saturated carbocycles. The quantitative estimate of drug-likeness (QED) is 0.388. The summed E-state index contributed by atoms with van der Waals surface area (Å²) in [5.41, 5.74) is 0. The Morgan fingerprint density at radius 1 is 1.31 bits per heavy atom. The predicted octanol–water partition coefficient (Wildman–Crippen LogP) is 3.50. The molecule has 0 saturated heterocycles. The van der Waals surface area contributed by atoms with E-state index >= 15 is 0 Å². The lowest BCUT2D eigenvalue weighted by Gasteiger charge is -2.11. The zero-order valence-electron chi connectivity index (χ0n) is 8.46. The van der Waals surface area contributed by atoms with Gasteiger partial charge in [-0.3, -0.25) is 0 Å². The van der Waals surface area contributed by atoms with Gasteiger partial charge in [-0.05, 0) is 37.2 Å². The molecule has 1 atom stereocenters. The Morgan fingerprint density at radius 3 is 2.69 bits per heavy atom. The van der Waals surface area contributed by atoms with Crippen molar-refractivity contribution in [3.8, 4) is 0 Å². The Balaban J connectivity index is 3.06. The van der Waals surface area contributed by atoms with Gasteiger partial charge in [0.25, 0.3) is 0 Å². The van der Waals surface area contributed by atoms with Crippen molar-refractivity contribution in [2.24, 2.45) is 0 Å². The van der Waals surface area contributed by atoms with Gasteiger partial charge in [-0.15, -0.1) is 0 Å². The summed E-state index contributed by atoms with van der Waals surface area (Å²) in [6.07, 6.45) is 5.57. The van der Waals surface area contributed by atoms with Gasteiger partial charge in [-0.1, -0.05) is 28.7 Å². The van der Waals surface area contributed by atoms with Gasteiger partial charge >= 0.3 is 0 Å². The first-order chi connectivity index (χ1) is 6.31. The molecule has 0 N–H and O–H groups in total. The molecule has 0 aromatic heterocycles. The first-order valence-electron chi connectivity index (χ1n) is 4.79. The summed E-state index contributed by atoms with van der Waals surface area (Å²) >= 11 is 2.24. The van der Waals surface area contributed by atoms with Crippen LogP contribution < -0.4 is 0 Å². The fourth-order valence-electron chi connectivity index (χ4n) is 0.959. The zero-order chi connectivity index (χ0) is 9.94. The summed E-state index contributed by atoms with van der Waals surface area (Å²) in [6.45, 7) is 5.44. The van der Waals surface area contributed by atoms with Crippen molar-refractivity contribution in [2.45, 2.75) is 39.4 Å². The highest BCUT2D eigenvalue weighted by Gasteiger charge is 1.98. The monoisotopic (exact) mass is 298 g/mol. The molecule has 2 nitrogen and oxygen atoms in total. The molecule has 0 heterocycles. The van der Waals surface area contributed by atoms with Crippen molar-refractivity contribution in [2.75, 3.05) is 13.2 Å². The van der Waals surface area contributed by atoms with Gasteiger partial charge in [-0.2, -0.15) is 0 Å². The molecule has 0 aliphatic heterocycles. The minimum atomic E-state index is -0.0508. The molecule has 0 aromatic carbocycles. The van der Waals surface area contributed by atoms with E-state index in [1.54, 1.807) is 0 Å². The third-order valence-corrected chi connectivity index (χ3v) is 2.12. The lowest BCUT2D eigenvalue weighted by molar-refractivity contribution is -0.127. The fraction of sp³-hybridized carbons (Fsp3) is 0.800. The standard InChI is InChI=1S/C10H19IO2/c1-3-12-10(2)13-9-7-5-4-6-8-11/h6,8,10H,3-5,7,9H2,1-2H3. The number of ether oxygens (including phenoxy) is 2. The molecule has 0 aromatic rings. The number of hydrogen-bond donors (Lipinski definition) is 0. The number of rotatable bonds is 8. The number of allylic oxidation sites excluding steroid dienone is 1. The molecule has 0 fully saturated rings. The van der Waals surface area contributed by atoms with Gasteiger partial charge in [0, 0.05) is 13.2 Å². The van der Waals surface area contributed by atoms with E-state index in [4.69, 9.17) is 9.47 Å². The third kappa shape index (κ3) is 10.3. The van der Waals surface area contributed by atoms with Crippen molar-refractivity contribution in [1.82, 2.24) is 0 Å². The highest BCUT2D eigenvalue weighted by atomic mass is 127. The van der Waals surface area contributed by atoms with Crippen LogP contribution in [0.1, 0.15) is 33.1 Å². The molecule has 3 heteroatoms. The average Bonchev–Trinajstić information content (AvgIpc) is 2.11. The zero-order valence-corrected chi connectivity index (χ0v) is 10.6. The predicted molar refractivity (Wildman–Crippen MR) is 64.1 cm³/mol. The Labute approximate surface area is 94.8 Å². The van der Waals surface area contributed by atoms with Crippen LogP contribution in [0.4, 0.5) is 0 Å². The second-order valence-electron chi connectivity index (χ2n) is 2.75. The van der Waals surface area contributed by atoms with Crippen molar-refractivity contribution in [3.63, 3.8) is 0 Å². The van der Waals surface area contributed by atoms with E-state index in [0.717, 1.165) is 26.1 Å². The molecule has 1 unspecified atom stereocenters. The normalized spacial score (nSPS) is 13.8. The SMILES string of the molecule is CCOC(C)OCCCCC=CI. The third-order valence-electron chi connectivity index (χ3n) is 1.61. The van der Waals surface area contributed by atoms with E-state index in [-0.39, 0.29) is 6.29 Å². The topological polar surface area (TPSA) is 18.5 Å². The highest BCUT2D eigenvalue weighted by molar-refractivity contribution is 14.1. The van der Waals surface area contributed by atoms with Crippen LogP contribution in [-0.2, 0) is 9.47 Å². The molecule has 0 amide bonds. The maximum absolute atomic E-state index is 5.41. The van der Waals surface area contributed by atoms with Crippen LogP contribution >= 0.6 is 22.6 Å². The van der Waals surface area contributed by atoms with E-state index in [9.17, 15) is 0 Å². The van der Waals surface area contributed by atoms with Crippen LogP contribution in [0.5, 0.6) is 0 Å². The van der Waals surface area contributed by atoms with E-state index < -0.39 is 0 Å². The molecule has 78 valence electrons. The van der Waals surface area contributed by atoms with Crippen molar-refractivity contribution >= 4 is 22.6 Å². The van der Waals surface area contributed by atoms with E-state index in [1.165, 1.54) is 6.42 Å². The van der Waals surface area contributed by atoms with E-state index in [0.29, 0.717) is 0 Å². The van der Waals surface area contributed by atoms with Gasteiger partial charge in [0.05, 0.1) is 0 Å². The van der Waals surface area contributed by atoms with Crippen LogP contribution in [0.2, 0.25) is 0 Å². The van der Waals surface area contributed by atoms with E-state index in [1.807, 2.05) is 13.8 Å². The second-order valence-corrected chi connectivity index (χ2v) is 3.47. The summed E-state index contributed by atoms with van der Waals surface area (Å²) in [6, 6.07) is 0. The van der Waals surface area contributed by atoms with Crippen molar-refractivity contribution in [3.05, 3.63) is 10.2 Å². The van der Waals surface area contributed by atoms with Crippen LogP contribution in [0, 0.1) is 0 Å². The lowest BCUT2D eigenvalue weighted by Crippen LogP contribution is -2.13. The maximum atomic E-state index is 5.41. The highest BCUT2D eigenvalue weighted by Crippen LogP contribution is 2.01. The van der Waals surface area contributed by atoms with Gasteiger partial charge in [0.1, 0.15) is 0 Å². The largest absolute Gasteiger partial charge is 0.353 e. The average molecular weight is 298 g/mol. The van der Waals surface area contributed by atoms with Crippen molar-refractivity contribution < 1.29 is 9.47 Å². The Kier molecular flexibility index (Phi) is 10.8. The van der Waals surface area contributed by atoms with E-state index in [2.05, 4.69) is 32.7 Å². The Morgan fingerprint density at radius 2 is 2.08 bits per heavy atom. The van der Waals surface area contributed by atoms with Crippen LogP contribution in [0.25, 0.3) is 0 Å². The lowest BCUT2D eigenvalue weighted by atomic mass is 10.2. The van der Waals surface area contributed by atoms with Crippen LogP contribution in [-0.4, -0.2) is 19.5 Å². The minimum absolute atomic E-state index is 0.0508. The first kappa shape index (κ1) is 13.4. The maximum Gasteiger partial charge on any atom is 0.154 e. The smallest absolute Gasteiger partial charge is 0.154 e. The molecule has 0 spiro atoms. The Bertz CT molecular complexity index is 126. The summed E-state index contributed by atoms with van der Waals surface area (Å²) in [4.78, 5) is 0. The summed E-state index contributed by atoms with van der Waals surface area (Å²) in [5, 5.41) is 0. The van der Waals surface area contributed by atoms with Crippen LogP contribution in [0.3, 0.4) is 0 Å². The van der Waals surface area contributed by atoms with Crippen LogP contribution in [0.15, 0.2) is 10.2 Å². The molecular weight excluding hydrogens is 279 g/mol. The van der Waals surface area contributed by atoms with Gasteiger partial charge in [0.15, 0.2) is 6.29 Å². The summed E-state index contributed by atoms with van der Waals surface area (Å²) in [5.74, 6) is 0. The molecule has 0 aliphatic carbocycles. The first-order valence-corrected chi connectivity index (χ1v) is 6.04. The molecule has 0 bridgehead atoms. The van der Waals surface area contributed by atoms with Gasteiger partial charge in [-0.25, -0.2) is 0 Å². The molecule has 0 aliphatic rings. The van der Waals surface area contributed by atoms with Crippen molar-refractivity contribution in [1.29, 1.82) is 0 Å². The molecule has 0 radical (unpaired) electrons. The van der Waals surface area contributed by atoms with Gasteiger partial charge in [0.2, 0.25) is 0 Å². The molecule has 13 heavy (non-hydrogen) atoms.